The lowest BCUT2D eigenvalue weighted by Crippen LogP contribution is -2.29. The molecule has 0 spiro atoms. The first-order chi connectivity index (χ1) is 10.7. The highest BCUT2D eigenvalue weighted by Crippen LogP contribution is 2.41. The number of rotatable bonds is 2. The van der Waals surface area contributed by atoms with Crippen LogP contribution >= 0.6 is 11.3 Å². The van der Waals surface area contributed by atoms with E-state index in [9.17, 15) is 9.59 Å². The van der Waals surface area contributed by atoms with Crippen molar-refractivity contribution < 1.29 is 9.90 Å². The molecule has 0 saturated carbocycles. The molecule has 124 valence electrons. The molecule has 2 heterocycles. The van der Waals surface area contributed by atoms with E-state index in [-0.39, 0.29) is 11.0 Å². The van der Waals surface area contributed by atoms with Crippen molar-refractivity contribution in [3.63, 3.8) is 0 Å². The van der Waals surface area contributed by atoms with E-state index in [1.165, 1.54) is 22.7 Å². The van der Waals surface area contributed by atoms with Crippen molar-refractivity contribution in [1.29, 1.82) is 0 Å². The van der Waals surface area contributed by atoms with E-state index in [1.807, 2.05) is 0 Å². The van der Waals surface area contributed by atoms with Crippen LogP contribution in [0.2, 0.25) is 0 Å². The molecule has 6 heteroatoms. The van der Waals surface area contributed by atoms with Crippen molar-refractivity contribution in [2.45, 2.75) is 53.0 Å². The average molecular weight is 334 g/mol. The molecule has 1 aliphatic carbocycles. The van der Waals surface area contributed by atoms with Crippen molar-refractivity contribution in [3.8, 4) is 0 Å². The number of carboxylic acid groups (broad SMARTS) is 1. The fourth-order valence-electron chi connectivity index (χ4n) is 3.31. The largest absolute Gasteiger partial charge is 0.480 e. The van der Waals surface area contributed by atoms with Crippen molar-refractivity contribution >= 4 is 27.5 Å². The Kier molecular flexibility index (Phi) is 3.83. The minimum absolute atomic E-state index is 0.225. The minimum atomic E-state index is -1.02. The first-order valence-electron chi connectivity index (χ1n) is 7.94. The molecule has 23 heavy (non-hydrogen) atoms. The van der Waals surface area contributed by atoms with Gasteiger partial charge in [-0.25, -0.2) is 9.78 Å². The molecule has 1 aliphatic rings. The summed E-state index contributed by atoms with van der Waals surface area (Å²) in [5.41, 5.74) is 1.12. The fourth-order valence-corrected chi connectivity index (χ4v) is 4.57. The third kappa shape index (κ3) is 2.69. The molecule has 0 radical (unpaired) electrons. The molecular formula is C17H22N2O3S. The molecule has 0 bridgehead atoms. The Hall–Kier alpha value is -1.69. The summed E-state index contributed by atoms with van der Waals surface area (Å²) in [5, 5.41) is 9.79. The second-order valence-corrected chi connectivity index (χ2v) is 8.54. The fraction of sp³-hybridized carbons (Fsp3) is 0.588. The Morgan fingerprint density at radius 3 is 2.78 bits per heavy atom. The van der Waals surface area contributed by atoms with E-state index in [2.05, 4.69) is 25.8 Å². The third-order valence-electron chi connectivity index (χ3n) is 4.99. The van der Waals surface area contributed by atoms with Crippen LogP contribution in [0.1, 0.15) is 50.6 Å². The molecule has 1 N–H and O–H groups in total. The van der Waals surface area contributed by atoms with E-state index < -0.39 is 12.0 Å². The number of aromatic nitrogens is 2. The van der Waals surface area contributed by atoms with Gasteiger partial charge in [-0.15, -0.1) is 11.3 Å². The number of nitrogens with zero attached hydrogens (tertiary/aromatic N) is 2. The molecule has 0 saturated heterocycles. The lowest BCUT2D eigenvalue weighted by atomic mass is 9.72. The summed E-state index contributed by atoms with van der Waals surface area (Å²) in [7, 11) is 0. The molecule has 0 aromatic carbocycles. The van der Waals surface area contributed by atoms with Crippen LogP contribution in [0.25, 0.3) is 10.2 Å². The van der Waals surface area contributed by atoms with Crippen LogP contribution in [-0.4, -0.2) is 20.6 Å². The Labute approximate surface area is 139 Å². The van der Waals surface area contributed by atoms with Crippen molar-refractivity contribution in [2.75, 3.05) is 0 Å². The highest BCUT2D eigenvalue weighted by molar-refractivity contribution is 7.18. The van der Waals surface area contributed by atoms with Gasteiger partial charge in [-0.05, 0) is 43.1 Å². The highest BCUT2D eigenvalue weighted by Gasteiger charge is 2.32. The van der Waals surface area contributed by atoms with Gasteiger partial charge in [-0.1, -0.05) is 20.8 Å². The summed E-state index contributed by atoms with van der Waals surface area (Å²) in [5.74, 6) is -0.423. The summed E-state index contributed by atoms with van der Waals surface area (Å²) in [4.78, 5) is 30.3. The molecule has 2 aromatic heterocycles. The van der Waals surface area contributed by atoms with E-state index in [1.54, 1.807) is 11.3 Å². The molecule has 0 fully saturated rings. The van der Waals surface area contributed by atoms with Gasteiger partial charge in [0.1, 0.15) is 10.9 Å². The van der Waals surface area contributed by atoms with E-state index in [0.717, 1.165) is 29.7 Å². The predicted molar refractivity (Wildman–Crippen MR) is 91.2 cm³/mol. The van der Waals surface area contributed by atoms with Gasteiger partial charge in [-0.3, -0.25) is 9.36 Å². The normalized spacial score (nSPS) is 19.6. The minimum Gasteiger partial charge on any atom is -0.480 e. The van der Waals surface area contributed by atoms with Gasteiger partial charge in [0.25, 0.3) is 5.56 Å². The molecular weight excluding hydrogens is 312 g/mol. The molecule has 0 aliphatic heterocycles. The number of hydrogen-bond acceptors (Lipinski definition) is 4. The smallest absolute Gasteiger partial charge is 0.326 e. The first kappa shape index (κ1) is 16.2. The number of carbonyl (C=O) groups is 1. The Bertz CT molecular complexity index is 829. The Balaban J connectivity index is 2.11. The van der Waals surface area contributed by atoms with Gasteiger partial charge in [-0.2, -0.15) is 0 Å². The summed E-state index contributed by atoms with van der Waals surface area (Å²) in [6.07, 6.45) is 4.28. The van der Waals surface area contributed by atoms with Gasteiger partial charge in [0.05, 0.1) is 11.7 Å². The predicted octanol–water partition coefficient (Wildman–Crippen LogP) is 3.25. The zero-order valence-electron chi connectivity index (χ0n) is 13.9. The summed E-state index contributed by atoms with van der Waals surface area (Å²) >= 11 is 1.59. The Morgan fingerprint density at radius 1 is 1.48 bits per heavy atom. The second kappa shape index (κ2) is 5.44. The second-order valence-electron chi connectivity index (χ2n) is 7.46. The Morgan fingerprint density at radius 2 is 2.17 bits per heavy atom. The molecule has 3 rings (SSSR count). The van der Waals surface area contributed by atoms with Crippen LogP contribution < -0.4 is 5.56 Å². The number of thiophene rings is 1. The van der Waals surface area contributed by atoms with Gasteiger partial charge < -0.3 is 5.11 Å². The number of aryl methyl sites for hydroxylation is 1. The third-order valence-corrected chi connectivity index (χ3v) is 6.16. The average Bonchev–Trinajstić information content (AvgIpc) is 2.84. The number of fused-ring (bicyclic) bond motifs is 3. The maximum absolute atomic E-state index is 12.8. The van der Waals surface area contributed by atoms with Crippen LogP contribution in [-0.2, 0) is 17.6 Å². The molecule has 2 aromatic rings. The zero-order valence-corrected chi connectivity index (χ0v) is 14.7. The van der Waals surface area contributed by atoms with E-state index >= 15 is 0 Å². The SMILES string of the molecule is C[C@H](C(=O)O)n1cnc2sc3c(c2c1=O)CC[C@H](C(C)(C)C)C3. The summed E-state index contributed by atoms with van der Waals surface area (Å²) < 4.78 is 1.23. The summed E-state index contributed by atoms with van der Waals surface area (Å²) in [6.45, 7) is 8.28. The van der Waals surface area contributed by atoms with Crippen molar-refractivity contribution in [1.82, 2.24) is 9.55 Å². The van der Waals surface area contributed by atoms with Crippen LogP contribution in [0.4, 0.5) is 0 Å². The molecule has 5 nitrogen and oxygen atoms in total. The van der Waals surface area contributed by atoms with Crippen LogP contribution in [0, 0.1) is 11.3 Å². The number of aliphatic carboxylic acids is 1. The van der Waals surface area contributed by atoms with Crippen molar-refractivity contribution in [2.24, 2.45) is 11.3 Å². The lowest BCUT2D eigenvalue weighted by molar-refractivity contribution is -0.140. The van der Waals surface area contributed by atoms with Gasteiger partial charge in [0, 0.05) is 4.88 Å². The van der Waals surface area contributed by atoms with Gasteiger partial charge in [0.2, 0.25) is 0 Å². The monoisotopic (exact) mass is 334 g/mol. The quantitative estimate of drug-likeness (QED) is 0.915. The standard InChI is InChI=1S/C17H22N2O3S/c1-9(16(21)22)19-8-18-14-13(15(19)20)11-6-5-10(17(2,3)4)7-12(11)23-14/h8-10H,5-7H2,1-4H3,(H,21,22)/t9-,10+/m1/s1. The van der Waals surface area contributed by atoms with Crippen molar-refractivity contribution in [3.05, 3.63) is 27.1 Å². The zero-order chi connectivity index (χ0) is 16.9. The number of carboxylic acids is 1. The van der Waals surface area contributed by atoms with Crippen LogP contribution in [0.15, 0.2) is 11.1 Å². The maximum atomic E-state index is 12.8. The lowest BCUT2D eigenvalue weighted by Gasteiger charge is -2.33. The van der Waals surface area contributed by atoms with Gasteiger partial charge >= 0.3 is 5.97 Å². The summed E-state index contributed by atoms with van der Waals surface area (Å²) in [6, 6.07) is -0.902. The molecule has 0 amide bonds. The topological polar surface area (TPSA) is 72.2 Å². The van der Waals surface area contributed by atoms with E-state index in [4.69, 9.17) is 5.11 Å². The van der Waals surface area contributed by atoms with Crippen LogP contribution in [0.5, 0.6) is 0 Å². The molecule has 2 atom stereocenters. The van der Waals surface area contributed by atoms with Gasteiger partial charge in [0.15, 0.2) is 0 Å². The number of hydrogen-bond donors (Lipinski definition) is 1. The highest BCUT2D eigenvalue weighted by atomic mass is 32.1. The van der Waals surface area contributed by atoms with E-state index in [0.29, 0.717) is 11.3 Å². The van der Waals surface area contributed by atoms with Crippen LogP contribution in [0.3, 0.4) is 0 Å². The molecule has 0 unspecified atom stereocenters. The maximum Gasteiger partial charge on any atom is 0.326 e. The first-order valence-corrected chi connectivity index (χ1v) is 8.76.